The number of halogens is 3. The van der Waals surface area contributed by atoms with Gasteiger partial charge in [0.05, 0.1) is 9.26 Å². The molecule has 2 aromatic rings. The van der Waals surface area contributed by atoms with Crippen molar-refractivity contribution in [3.63, 3.8) is 0 Å². The molecular weight excluding hydrogens is 394 g/mol. The molecular formula is C14H11Cl2IN2. The monoisotopic (exact) mass is 404 g/mol. The summed E-state index contributed by atoms with van der Waals surface area (Å²) in [7, 11) is 0. The van der Waals surface area contributed by atoms with Crippen LogP contribution in [0.25, 0.3) is 0 Å². The number of nitrogens with zero attached hydrogens (tertiary/aromatic N) is 2. The number of aromatic nitrogens is 2. The Kier molecular flexibility index (Phi) is 3.96. The van der Waals surface area contributed by atoms with Crippen molar-refractivity contribution in [1.82, 2.24) is 9.97 Å². The van der Waals surface area contributed by atoms with Gasteiger partial charge in [-0.25, -0.2) is 9.97 Å². The van der Waals surface area contributed by atoms with Crippen molar-refractivity contribution in [2.75, 3.05) is 0 Å². The smallest absolute Gasteiger partial charge is 0.146 e. The molecule has 98 valence electrons. The Morgan fingerprint density at radius 1 is 1.11 bits per heavy atom. The fraction of sp³-hybridized carbons (Fsp3) is 0.286. The van der Waals surface area contributed by atoms with Gasteiger partial charge in [0.25, 0.3) is 0 Å². The average Bonchev–Trinajstić information content (AvgIpc) is 3.21. The zero-order valence-electron chi connectivity index (χ0n) is 10.0. The third kappa shape index (κ3) is 3.20. The Labute approximate surface area is 135 Å². The molecule has 0 bridgehead atoms. The first-order valence-corrected chi connectivity index (χ1v) is 7.93. The highest BCUT2D eigenvalue weighted by molar-refractivity contribution is 14.1. The maximum Gasteiger partial charge on any atom is 0.146 e. The van der Waals surface area contributed by atoms with E-state index in [4.69, 9.17) is 23.2 Å². The van der Waals surface area contributed by atoms with E-state index in [1.165, 1.54) is 12.8 Å². The van der Waals surface area contributed by atoms with Crippen molar-refractivity contribution in [2.24, 2.45) is 0 Å². The summed E-state index contributed by atoms with van der Waals surface area (Å²) in [6.45, 7) is 0. The SMILES string of the molecule is Clc1ccc(Cc2nc(Cl)c(I)c(C3CC3)n2)cc1. The van der Waals surface area contributed by atoms with E-state index in [0.717, 1.165) is 25.7 Å². The highest BCUT2D eigenvalue weighted by Gasteiger charge is 2.29. The molecule has 1 aromatic carbocycles. The van der Waals surface area contributed by atoms with Gasteiger partial charge in [0.2, 0.25) is 0 Å². The second-order valence-corrected chi connectivity index (χ2v) is 6.58. The van der Waals surface area contributed by atoms with E-state index >= 15 is 0 Å². The highest BCUT2D eigenvalue weighted by Crippen LogP contribution is 2.42. The molecule has 19 heavy (non-hydrogen) atoms. The first-order chi connectivity index (χ1) is 9.13. The molecule has 5 heteroatoms. The van der Waals surface area contributed by atoms with Gasteiger partial charge in [0, 0.05) is 17.4 Å². The van der Waals surface area contributed by atoms with Crippen molar-refractivity contribution in [3.8, 4) is 0 Å². The number of hydrogen-bond donors (Lipinski definition) is 0. The average molecular weight is 405 g/mol. The van der Waals surface area contributed by atoms with Crippen molar-refractivity contribution >= 4 is 45.8 Å². The van der Waals surface area contributed by atoms with Crippen LogP contribution >= 0.6 is 45.8 Å². The molecule has 1 aliphatic rings. The zero-order chi connectivity index (χ0) is 13.4. The van der Waals surface area contributed by atoms with E-state index in [9.17, 15) is 0 Å². The molecule has 0 amide bonds. The lowest BCUT2D eigenvalue weighted by Crippen LogP contribution is -2.03. The Morgan fingerprint density at radius 2 is 1.79 bits per heavy atom. The van der Waals surface area contributed by atoms with Crippen LogP contribution in [0.2, 0.25) is 10.2 Å². The summed E-state index contributed by atoms with van der Waals surface area (Å²) >= 11 is 14.3. The van der Waals surface area contributed by atoms with Gasteiger partial charge in [-0.3, -0.25) is 0 Å². The van der Waals surface area contributed by atoms with Crippen LogP contribution in [0, 0.1) is 3.57 Å². The summed E-state index contributed by atoms with van der Waals surface area (Å²) in [5.41, 5.74) is 2.26. The van der Waals surface area contributed by atoms with Crippen molar-refractivity contribution < 1.29 is 0 Å². The molecule has 0 radical (unpaired) electrons. The van der Waals surface area contributed by atoms with Gasteiger partial charge in [-0.1, -0.05) is 35.3 Å². The maximum absolute atomic E-state index is 6.20. The van der Waals surface area contributed by atoms with E-state index in [-0.39, 0.29) is 0 Å². The standard InChI is InChI=1S/C14H11Cl2IN2/c15-10-5-1-8(2-6-10)7-11-18-13(9-3-4-9)12(17)14(16)19-11/h1-2,5-6,9H,3-4,7H2. The van der Waals surface area contributed by atoms with Crippen LogP contribution in [0.4, 0.5) is 0 Å². The van der Waals surface area contributed by atoms with Gasteiger partial charge in [-0.2, -0.15) is 0 Å². The second kappa shape index (κ2) is 5.54. The molecule has 2 nitrogen and oxygen atoms in total. The molecule has 1 saturated carbocycles. The topological polar surface area (TPSA) is 25.8 Å². The van der Waals surface area contributed by atoms with Crippen LogP contribution in [0.15, 0.2) is 24.3 Å². The van der Waals surface area contributed by atoms with E-state index in [1.54, 1.807) is 0 Å². The summed E-state index contributed by atoms with van der Waals surface area (Å²) < 4.78 is 1.00. The maximum atomic E-state index is 6.20. The molecule has 0 N–H and O–H groups in total. The fourth-order valence-corrected chi connectivity index (χ4v) is 2.97. The molecule has 1 aromatic heterocycles. The van der Waals surface area contributed by atoms with E-state index < -0.39 is 0 Å². The molecule has 0 saturated heterocycles. The van der Waals surface area contributed by atoms with Gasteiger partial charge in [-0.15, -0.1) is 0 Å². The van der Waals surface area contributed by atoms with Gasteiger partial charge >= 0.3 is 0 Å². The van der Waals surface area contributed by atoms with Crippen LogP contribution in [0.1, 0.15) is 35.8 Å². The Bertz CT molecular complexity index is 610. The normalized spacial score (nSPS) is 14.7. The van der Waals surface area contributed by atoms with E-state index in [0.29, 0.717) is 17.5 Å². The van der Waals surface area contributed by atoms with Crippen LogP contribution in [-0.4, -0.2) is 9.97 Å². The third-order valence-electron chi connectivity index (χ3n) is 3.12. The van der Waals surface area contributed by atoms with E-state index in [2.05, 4.69) is 32.6 Å². The minimum absolute atomic E-state index is 0.571. The predicted molar refractivity (Wildman–Crippen MR) is 86.0 cm³/mol. The number of benzene rings is 1. The Balaban J connectivity index is 1.90. The Hall–Kier alpha value is -0.390. The molecule has 1 heterocycles. The van der Waals surface area contributed by atoms with Gasteiger partial charge in [0.1, 0.15) is 11.0 Å². The first kappa shape index (κ1) is 13.6. The van der Waals surface area contributed by atoms with Crippen LogP contribution in [-0.2, 0) is 6.42 Å². The van der Waals surface area contributed by atoms with Crippen LogP contribution < -0.4 is 0 Å². The Morgan fingerprint density at radius 3 is 2.42 bits per heavy atom. The molecule has 0 spiro atoms. The summed E-state index contributed by atoms with van der Waals surface area (Å²) in [6.07, 6.45) is 3.11. The third-order valence-corrected chi connectivity index (χ3v) is 5.03. The van der Waals surface area contributed by atoms with Gasteiger partial charge in [-0.05, 0) is 53.1 Å². The van der Waals surface area contributed by atoms with Gasteiger partial charge < -0.3 is 0 Å². The molecule has 1 fully saturated rings. The summed E-state index contributed by atoms with van der Waals surface area (Å²) in [5.74, 6) is 1.37. The lowest BCUT2D eigenvalue weighted by molar-refractivity contribution is 0.889. The molecule has 1 aliphatic carbocycles. The molecule has 0 atom stereocenters. The van der Waals surface area contributed by atoms with Crippen molar-refractivity contribution in [1.29, 1.82) is 0 Å². The minimum atomic E-state index is 0.571. The van der Waals surface area contributed by atoms with Gasteiger partial charge in [0.15, 0.2) is 0 Å². The highest BCUT2D eigenvalue weighted by atomic mass is 127. The summed E-state index contributed by atoms with van der Waals surface area (Å²) in [5, 5.41) is 1.31. The number of rotatable bonds is 3. The molecule has 3 rings (SSSR count). The second-order valence-electron chi connectivity index (χ2n) is 4.71. The van der Waals surface area contributed by atoms with Crippen molar-refractivity contribution in [2.45, 2.75) is 25.2 Å². The summed E-state index contributed by atoms with van der Waals surface area (Å²) in [4.78, 5) is 9.05. The lowest BCUT2D eigenvalue weighted by Gasteiger charge is -2.07. The van der Waals surface area contributed by atoms with Crippen LogP contribution in [0.5, 0.6) is 0 Å². The van der Waals surface area contributed by atoms with Crippen molar-refractivity contribution in [3.05, 3.63) is 55.1 Å². The molecule has 0 aliphatic heterocycles. The first-order valence-electron chi connectivity index (χ1n) is 6.10. The fourth-order valence-electron chi connectivity index (χ4n) is 1.97. The minimum Gasteiger partial charge on any atom is -0.236 e. The largest absolute Gasteiger partial charge is 0.236 e. The van der Waals surface area contributed by atoms with E-state index in [1.807, 2.05) is 24.3 Å². The zero-order valence-corrected chi connectivity index (χ0v) is 13.7. The lowest BCUT2D eigenvalue weighted by atomic mass is 10.1. The quantitative estimate of drug-likeness (QED) is 0.539. The molecule has 0 unspecified atom stereocenters. The summed E-state index contributed by atoms with van der Waals surface area (Å²) in [6, 6.07) is 7.75. The predicted octanol–water partition coefficient (Wildman–Crippen LogP) is 4.86. The van der Waals surface area contributed by atoms with Crippen LogP contribution in [0.3, 0.4) is 0 Å². The number of hydrogen-bond acceptors (Lipinski definition) is 2.